The third-order valence-corrected chi connectivity index (χ3v) is 3.21. The van der Waals surface area contributed by atoms with Gasteiger partial charge in [-0.2, -0.15) is 0 Å². The maximum atomic E-state index is 11.4. The second-order valence-corrected chi connectivity index (χ2v) is 4.49. The van der Waals surface area contributed by atoms with E-state index in [1.54, 1.807) is 0 Å². The van der Waals surface area contributed by atoms with Crippen LogP contribution in [0.25, 0.3) is 0 Å². The summed E-state index contributed by atoms with van der Waals surface area (Å²) in [5, 5.41) is 2.86. The van der Waals surface area contributed by atoms with Gasteiger partial charge in [0.1, 0.15) is 0 Å². The summed E-state index contributed by atoms with van der Waals surface area (Å²) in [5.74, 6) is 0.530. The monoisotopic (exact) mass is 289 g/mol. The minimum absolute atomic E-state index is 0.0110. The number of carbonyl (C=O) groups is 1. The highest BCUT2D eigenvalue weighted by Crippen LogP contribution is 2.23. The van der Waals surface area contributed by atoms with E-state index in [1.807, 2.05) is 25.1 Å². The van der Waals surface area contributed by atoms with Gasteiger partial charge in [-0.15, -0.1) is 11.6 Å². The van der Waals surface area contributed by atoms with Crippen molar-refractivity contribution in [2.75, 3.05) is 11.2 Å². The molecule has 0 spiro atoms. The van der Waals surface area contributed by atoms with Crippen LogP contribution in [-0.2, 0) is 4.79 Å². The first kappa shape index (κ1) is 12.5. The number of alkyl halides is 1. The Morgan fingerprint density at radius 2 is 2.27 bits per heavy atom. The first-order valence-corrected chi connectivity index (χ1v) is 6.09. The van der Waals surface area contributed by atoms with E-state index in [0.717, 1.165) is 15.7 Å². The Hall–Kier alpha value is -0.540. The molecule has 15 heavy (non-hydrogen) atoms. The minimum Gasteiger partial charge on any atom is -0.326 e. The number of rotatable bonds is 4. The highest BCUT2D eigenvalue weighted by atomic mass is 79.9. The van der Waals surface area contributed by atoms with Crippen molar-refractivity contribution in [1.82, 2.24) is 0 Å². The zero-order chi connectivity index (χ0) is 11.3. The fourth-order valence-corrected chi connectivity index (χ4v) is 1.68. The predicted molar refractivity (Wildman–Crippen MR) is 67.5 cm³/mol. The molecule has 0 aliphatic rings. The van der Waals surface area contributed by atoms with Gasteiger partial charge in [0.15, 0.2) is 0 Å². The number of amides is 1. The van der Waals surface area contributed by atoms with Gasteiger partial charge in [-0.1, -0.05) is 22.0 Å². The summed E-state index contributed by atoms with van der Waals surface area (Å²) in [6, 6.07) is 5.73. The molecule has 1 rings (SSSR count). The van der Waals surface area contributed by atoms with Crippen molar-refractivity contribution < 1.29 is 4.79 Å². The lowest BCUT2D eigenvalue weighted by atomic mass is 10.2. The summed E-state index contributed by atoms with van der Waals surface area (Å²) in [5.41, 5.74) is 1.89. The molecule has 0 bridgehead atoms. The lowest BCUT2D eigenvalue weighted by molar-refractivity contribution is -0.116. The van der Waals surface area contributed by atoms with Crippen LogP contribution in [0.15, 0.2) is 22.7 Å². The molecule has 2 nitrogen and oxygen atoms in total. The molecule has 0 unspecified atom stereocenters. The van der Waals surface area contributed by atoms with Crippen molar-refractivity contribution in [2.24, 2.45) is 0 Å². The largest absolute Gasteiger partial charge is 0.326 e. The first-order chi connectivity index (χ1) is 7.15. The standard InChI is InChI=1S/C11H13BrClNO/c1-8-9(12)4-2-5-10(8)14-11(15)6-3-7-13/h2,4-5H,3,6-7H2,1H3,(H,14,15). The average molecular weight is 291 g/mol. The second-order valence-electron chi connectivity index (χ2n) is 3.25. The Morgan fingerprint density at radius 3 is 2.93 bits per heavy atom. The van der Waals surface area contributed by atoms with E-state index < -0.39 is 0 Å². The summed E-state index contributed by atoms with van der Waals surface area (Å²) in [4.78, 5) is 11.4. The van der Waals surface area contributed by atoms with E-state index in [9.17, 15) is 4.79 Å². The maximum absolute atomic E-state index is 11.4. The molecular formula is C11H13BrClNO. The zero-order valence-electron chi connectivity index (χ0n) is 8.52. The number of halogens is 2. The highest BCUT2D eigenvalue weighted by molar-refractivity contribution is 9.10. The van der Waals surface area contributed by atoms with Crippen LogP contribution in [0.2, 0.25) is 0 Å². The summed E-state index contributed by atoms with van der Waals surface area (Å²) < 4.78 is 0.998. The average Bonchev–Trinajstić information content (AvgIpc) is 2.22. The number of benzene rings is 1. The summed E-state index contributed by atoms with van der Waals surface area (Å²) >= 11 is 8.93. The van der Waals surface area contributed by atoms with Gasteiger partial charge >= 0.3 is 0 Å². The van der Waals surface area contributed by atoms with Gasteiger partial charge in [-0.25, -0.2) is 0 Å². The van der Waals surface area contributed by atoms with Crippen LogP contribution in [0.1, 0.15) is 18.4 Å². The van der Waals surface area contributed by atoms with Crippen LogP contribution in [0.5, 0.6) is 0 Å². The van der Waals surface area contributed by atoms with Gasteiger partial charge in [0.25, 0.3) is 0 Å². The molecule has 1 aromatic rings. The van der Waals surface area contributed by atoms with Crippen LogP contribution >= 0.6 is 27.5 Å². The molecule has 0 aliphatic carbocycles. The van der Waals surface area contributed by atoms with E-state index >= 15 is 0 Å². The van der Waals surface area contributed by atoms with Gasteiger partial charge in [-0.3, -0.25) is 4.79 Å². The Labute approximate surface area is 103 Å². The van der Waals surface area contributed by atoms with Crippen molar-refractivity contribution in [3.63, 3.8) is 0 Å². The van der Waals surface area contributed by atoms with Crippen LogP contribution in [0.4, 0.5) is 5.69 Å². The molecule has 0 aliphatic heterocycles. The summed E-state index contributed by atoms with van der Waals surface area (Å²) in [7, 11) is 0. The molecule has 0 atom stereocenters. The van der Waals surface area contributed by atoms with E-state index in [0.29, 0.717) is 18.7 Å². The SMILES string of the molecule is Cc1c(Br)cccc1NC(=O)CCCCl. The molecule has 0 saturated carbocycles. The lowest BCUT2D eigenvalue weighted by Gasteiger charge is -2.08. The zero-order valence-corrected chi connectivity index (χ0v) is 10.9. The molecule has 0 fully saturated rings. The molecule has 1 N–H and O–H groups in total. The second kappa shape index (κ2) is 6.13. The van der Waals surface area contributed by atoms with Crippen LogP contribution in [-0.4, -0.2) is 11.8 Å². The number of carbonyl (C=O) groups excluding carboxylic acids is 1. The normalized spacial score (nSPS) is 10.1. The molecule has 4 heteroatoms. The molecule has 0 saturated heterocycles. The minimum atomic E-state index is 0.0110. The first-order valence-electron chi connectivity index (χ1n) is 4.76. The fourth-order valence-electron chi connectivity index (χ4n) is 1.18. The molecule has 0 aromatic heterocycles. The summed E-state index contributed by atoms with van der Waals surface area (Å²) in [6.45, 7) is 1.96. The Kier molecular flexibility index (Phi) is 5.12. The number of hydrogen-bond donors (Lipinski definition) is 1. The Morgan fingerprint density at radius 1 is 1.53 bits per heavy atom. The van der Waals surface area contributed by atoms with Gasteiger partial charge < -0.3 is 5.32 Å². The molecule has 0 radical (unpaired) electrons. The van der Waals surface area contributed by atoms with Gasteiger partial charge in [0.2, 0.25) is 5.91 Å². The van der Waals surface area contributed by atoms with E-state index in [-0.39, 0.29) is 5.91 Å². The fraction of sp³-hybridized carbons (Fsp3) is 0.364. The Bertz CT molecular complexity index is 354. The van der Waals surface area contributed by atoms with E-state index in [1.165, 1.54) is 0 Å². The highest BCUT2D eigenvalue weighted by Gasteiger charge is 2.05. The van der Waals surface area contributed by atoms with Crippen molar-refractivity contribution in [2.45, 2.75) is 19.8 Å². The molecule has 1 aromatic carbocycles. The molecule has 0 heterocycles. The third-order valence-electron chi connectivity index (χ3n) is 2.08. The molecule has 1 amide bonds. The Balaban J connectivity index is 2.64. The van der Waals surface area contributed by atoms with Gasteiger partial charge in [-0.05, 0) is 31.0 Å². The quantitative estimate of drug-likeness (QED) is 0.841. The number of anilines is 1. The van der Waals surface area contributed by atoms with Crippen molar-refractivity contribution in [3.05, 3.63) is 28.2 Å². The van der Waals surface area contributed by atoms with Crippen molar-refractivity contribution >= 4 is 39.1 Å². The van der Waals surface area contributed by atoms with Gasteiger partial charge in [0, 0.05) is 22.5 Å². The molecular weight excluding hydrogens is 277 g/mol. The van der Waals surface area contributed by atoms with Crippen LogP contribution in [0, 0.1) is 6.92 Å². The summed E-state index contributed by atoms with van der Waals surface area (Å²) in [6.07, 6.45) is 1.18. The molecule has 82 valence electrons. The number of nitrogens with one attached hydrogen (secondary N) is 1. The van der Waals surface area contributed by atoms with E-state index in [4.69, 9.17) is 11.6 Å². The topological polar surface area (TPSA) is 29.1 Å². The predicted octanol–water partition coefficient (Wildman–Crippen LogP) is 3.72. The number of hydrogen-bond acceptors (Lipinski definition) is 1. The van der Waals surface area contributed by atoms with Crippen molar-refractivity contribution in [3.8, 4) is 0 Å². The smallest absolute Gasteiger partial charge is 0.224 e. The van der Waals surface area contributed by atoms with Crippen LogP contribution < -0.4 is 5.32 Å². The van der Waals surface area contributed by atoms with Crippen LogP contribution in [0.3, 0.4) is 0 Å². The lowest BCUT2D eigenvalue weighted by Crippen LogP contribution is -2.12. The van der Waals surface area contributed by atoms with Gasteiger partial charge in [0.05, 0.1) is 0 Å². The third kappa shape index (κ3) is 3.84. The van der Waals surface area contributed by atoms with E-state index in [2.05, 4.69) is 21.2 Å². The van der Waals surface area contributed by atoms with Crippen molar-refractivity contribution in [1.29, 1.82) is 0 Å². The maximum Gasteiger partial charge on any atom is 0.224 e.